The highest BCUT2D eigenvalue weighted by atomic mass is 35.5. The molecule has 0 unspecified atom stereocenters. The Bertz CT molecular complexity index is 628. The Labute approximate surface area is 141 Å². The van der Waals surface area contributed by atoms with Crippen LogP contribution in [0, 0.1) is 0 Å². The van der Waals surface area contributed by atoms with Crippen LogP contribution in [0.15, 0.2) is 48.5 Å². The monoisotopic (exact) mass is 335 g/mol. The van der Waals surface area contributed by atoms with Crippen molar-refractivity contribution in [2.24, 2.45) is 0 Å². The lowest BCUT2D eigenvalue weighted by Gasteiger charge is -2.17. The van der Waals surface area contributed by atoms with E-state index in [9.17, 15) is 4.79 Å². The fraction of sp³-hybridized carbons (Fsp3) is 0.278. The Kier molecular flexibility index (Phi) is 6.29. The number of hydrogen-bond acceptors (Lipinski definition) is 1. The van der Waals surface area contributed by atoms with E-state index in [4.69, 9.17) is 23.2 Å². The molecular formula is C18H19Cl2NO. The predicted molar refractivity (Wildman–Crippen MR) is 92.4 cm³/mol. The van der Waals surface area contributed by atoms with Crippen molar-refractivity contribution in [2.75, 3.05) is 0 Å². The smallest absolute Gasteiger partial charge is 0.220 e. The fourth-order valence-corrected chi connectivity index (χ4v) is 2.85. The van der Waals surface area contributed by atoms with E-state index < -0.39 is 0 Å². The molecule has 0 saturated carbocycles. The highest BCUT2D eigenvalue weighted by Crippen LogP contribution is 2.22. The van der Waals surface area contributed by atoms with Crippen molar-refractivity contribution in [1.82, 2.24) is 5.32 Å². The van der Waals surface area contributed by atoms with Crippen LogP contribution in [0.5, 0.6) is 0 Å². The molecule has 0 heterocycles. The zero-order chi connectivity index (χ0) is 15.9. The first-order valence-corrected chi connectivity index (χ1v) is 8.14. The van der Waals surface area contributed by atoms with Crippen molar-refractivity contribution in [2.45, 2.75) is 32.2 Å². The molecule has 0 aliphatic carbocycles. The largest absolute Gasteiger partial charge is 0.349 e. The molecule has 4 heteroatoms. The zero-order valence-electron chi connectivity index (χ0n) is 12.5. The summed E-state index contributed by atoms with van der Waals surface area (Å²) >= 11 is 12.0. The fourth-order valence-electron chi connectivity index (χ4n) is 2.35. The first-order valence-electron chi connectivity index (χ1n) is 7.38. The van der Waals surface area contributed by atoms with Crippen LogP contribution in [-0.4, -0.2) is 5.91 Å². The summed E-state index contributed by atoms with van der Waals surface area (Å²) in [6, 6.07) is 15.4. The van der Waals surface area contributed by atoms with Crippen molar-refractivity contribution >= 4 is 29.1 Å². The number of aryl methyl sites for hydroxylation is 1. The summed E-state index contributed by atoms with van der Waals surface area (Å²) < 4.78 is 0. The van der Waals surface area contributed by atoms with Gasteiger partial charge in [-0.1, -0.05) is 66.5 Å². The Morgan fingerprint density at radius 3 is 2.50 bits per heavy atom. The summed E-state index contributed by atoms with van der Waals surface area (Å²) in [5.74, 6) is 0.0294. The van der Waals surface area contributed by atoms with E-state index >= 15 is 0 Å². The molecular weight excluding hydrogens is 317 g/mol. The number of nitrogens with one attached hydrogen (secondary N) is 1. The van der Waals surface area contributed by atoms with Crippen LogP contribution in [0.25, 0.3) is 0 Å². The lowest BCUT2D eigenvalue weighted by atomic mass is 10.0. The summed E-state index contributed by atoms with van der Waals surface area (Å²) in [6.45, 7) is 2.06. The summed E-state index contributed by atoms with van der Waals surface area (Å²) in [6.07, 6.45) is 1.87. The summed E-state index contributed by atoms with van der Waals surface area (Å²) in [5.41, 5.74) is 2.07. The van der Waals surface area contributed by atoms with Gasteiger partial charge in [-0.3, -0.25) is 4.79 Å². The topological polar surface area (TPSA) is 29.1 Å². The molecule has 22 heavy (non-hydrogen) atoms. The van der Waals surface area contributed by atoms with Gasteiger partial charge >= 0.3 is 0 Å². The minimum atomic E-state index is 0.0294. The van der Waals surface area contributed by atoms with Crippen molar-refractivity contribution in [3.8, 4) is 0 Å². The van der Waals surface area contributed by atoms with Gasteiger partial charge in [0.05, 0.1) is 6.04 Å². The van der Waals surface area contributed by atoms with Gasteiger partial charge in [0.25, 0.3) is 0 Å². The quantitative estimate of drug-likeness (QED) is 0.772. The van der Waals surface area contributed by atoms with Gasteiger partial charge in [-0.2, -0.15) is 0 Å². The Morgan fingerprint density at radius 1 is 1.14 bits per heavy atom. The first kappa shape index (κ1) is 16.9. The van der Waals surface area contributed by atoms with Crippen LogP contribution in [0.3, 0.4) is 0 Å². The summed E-state index contributed by atoms with van der Waals surface area (Å²) in [4.78, 5) is 12.2. The van der Waals surface area contributed by atoms with E-state index in [0.717, 1.165) is 17.5 Å². The van der Waals surface area contributed by atoms with Crippen molar-refractivity contribution in [3.63, 3.8) is 0 Å². The molecule has 2 nitrogen and oxygen atoms in total. The van der Waals surface area contributed by atoms with Crippen LogP contribution in [0.2, 0.25) is 10.0 Å². The third kappa shape index (κ3) is 4.75. The maximum atomic E-state index is 12.2. The van der Waals surface area contributed by atoms with Crippen LogP contribution in [0.1, 0.15) is 36.9 Å². The average molecular weight is 336 g/mol. The Hall–Kier alpha value is -1.51. The highest BCUT2D eigenvalue weighted by molar-refractivity contribution is 6.35. The lowest BCUT2D eigenvalue weighted by molar-refractivity contribution is -0.121. The van der Waals surface area contributed by atoms with Crippen LogP contribution in [0.4, 0.5) is 0 Å². The molecule has 1 N–H and O–H groups in total. The van der Waals surface area contributed by atoms with Gasteiger partial charge in [-0.25, -0.2) is 0 Å². The van der Waals surface area contributed by atoms with Gasteiger partial charge in [-0.15, -0.1) is 0 Å². The van der Waals surface area contributed by atoms with Crippen molar-refractivity contribution in [3.05, 3.63) is 69.7 Å². The number of benzene rings is 2. The second kappa shape index (κ2) is 8.21. The second-order valence-corrected chi connectivity index (χ2v) is 6.02. The third-order valence-electron chi connectivity index (χ3n) is 3.58. The molecule has 0 saturated heterocycles. The number of amides is 1. The molecule has 116 valence electrons. The van der Waals surface area contributed by atoms with Crippen molar-refractivity contribution in [1.29, 1.82) is 0 Å². The van der Waals surface area contributed by atoms with Gasteiger partial charge in [0.15, 0.2) is 0 Å². The molecule has 0 aromatic heterocycles. The lowest BCUT2D eigenvalue weighted by Crippen LogP contribution is -2.28. The zero-order valence-corrected chi connectivity index (χ0v) is 14.0. The third-order valence-corrected chi connectivity index (χ3v) is 4.17. The molecule has 1 amide bonds. The number of carbonyl (C=O) groups excluding carboxylic acids is 1. The molecule has 2 aromatic carbocycles. The maximum absolute atomic E-state index is 12.2. The van der Waals surface area contributed by atoms with Gasteiger partial charge < -0.3 is 5.32 Å². The van der Waals surface area contributed by atoms with E-state index in [1.54, 1.807) is 12.1 Å². The van der Waals surface area contributed by atoms with Gasteiger partial charge in [0, 0.05) is 16.5 Å². The van der Waals surface area contributed by atoms with Crippen molar-refractivity contribution < 1.29 is 4.79 Å². The Balaban J connectivity index is 1.92. The SMILES string of the molecule is CC[C@H](NC(=O)CCc1ccc(Cl)cc1Cl)c1ccccc1. The van der Waals surface area contributed by atoms with Crippen LogP contribution in [-0.2, 0) is 11.2 Å². The predicted octanol–water partition coefficient (Wildman–Crippen LogP) is 5.19. The van der Waals surface area contributed by atoms with Crippen LogP contribution >= 0.6 is 23.2 Å². The van der Waals surface area contributed by atoms with Crippen LogP contribution < -0.4 is 5.32 Å². The van der Waals surface area contributed by atoms with E-state index in [2.05, 4.69) is 12.2 Å². The number of rotatable bonds is 6. The molecule has 0 aliphatic heterocycles. The minimum absolute atomic E-state index is 0.0294. The molecule has 2 rings (SSSR count). The summed E-state index contributed by atoms with van der Waals surface area (Å²) in [5, 5.41) is 4.29. The molecule has 0 aliphatic rings. The molecule has 0 radical (unpaired) electrons. The normalized spacial score (nSPS) is 12.0. The van der Waals surface area contributed by atoms with Gasteiger partial charge in [0.1, 0.15) is 0 Å². The standard InChI is InChI=1S/C18H19Cl2NO/c1-2-17(14-6-4-3-5-7-14)21-18(22)11-9-13-8-10-15(19)12-16(13)20/h3-8,10,12,17H,2,9,11H2,1H3,(H,21,22)/t17-/m0/s1. The second-order valence-electron chi connectivity index (χ2n) is 5.17. The summed E-state index contributed by atoms with van der Waals surface area (Å²) in [7, 11) is 0. The highest BCUT2D eigenvalue weighted by Gasteiger charge is 2.12. The maximum Gasteiger partial charge on any atom is 0.220 e. The molecule has 2 aromatic rings. The van der Waals surface area contributed by atoms with Gasteiger partial charge in [0.2, 0.25) is 5.91 Å². The molecule has 0 fully saturated rings. The number of halogens is 2. The van der Waals surface area contributed by atoms with E-state index in [1.165, 1.54) is 0 Å². The molecule has 1 atom stereocenters. The van der Waals surface area contributed by atoms with E-state index in [1.807, 2.05) is 36.4 Å². The molecule has 0 spiro atoms. The minimum Gasteiger partial charge on any atom is -0.349 e. The van der Waals surface area contributed by atoms with Gasteiger partial charge in [-0.05, 0) is 36.1 Å². The number of carbonyl (C=O) groups is 1. The Morgan fingerprint density at radius 2 is 1.86 bits per heavy atom. The first-order chi connectivity index (χ1) is 10.6. The average Bonchev–Trinajstić information content (AvgIpc) is 2.52. The van der Waals surface area contributed by atoms with E-state index in [-0.39, 0.29) is 11.9 Å². The molecule has 0 bridgehead atoms. The number of hydrogen-bond donors (Lipinski definition) is 1. The van der Waals surface area contributed by atoms with E-state index in [0.29, 0.717) is 22.9 Å².